The number of benzene rings is 1. The Bertz CT molecular complexity index is 587. The maximum atomic E-state index is 12.7. The zero-order chi connectivity index (χ0) is 15.5. The molecule has 2 N–H and O–H groups in total. The zero-order valence-corrected chi connectivity index (χ0v) is 13.2. The number of methoxy groups -OCH3 is 2. The highest BCUT2D eigenvalue weighted by molar-refractivity contribution is 7.89. The van der Waals surface area contributed by atoms with Crippen LogP contribution in [-0.2, 0) is 14.8 Å². The van der Waals surface area contributed by atoms with Gasteiger partial charge in [-0.1, -0.05) is 0 Å². The van der Waals surface area contributed by atoms with Gasteiger partial charge in [-0.25, -0.2) is 8.42 Å². The zero-order valence-electron chi connectivity index (χ0n) is 12.4. The Balaban J connectivity index is 2.23. The van der Waals surface area contributed by atoms with Crippen molar-refractivity contribution < 1.29 is 17.9 Å². The highest BCUT2D eigenvalue weighted by Crippen LogP contribution is 2.28. The third kappa shape index (κ3) is 3.48. The van der Waals surface area contributed by atoms with Gasteiger partial charge in [-0.2, -0.15) is 4.31 Å². The lowest BCUT2D eigenvalue weighted by atomic mass is 10.0. The number of nitrogens with two attached hydrogens (primary N) is 1. The van der Waals surface area contributed by atoms with Gasteiger partial charge in [0.05, 0.1) is 24.3 Å². The average molecular weight is 314 g/mol. The van der Waals surface area contributed by atoms with Crippen LogP contribution >= 0.6 is 0 Å². The Morgan fingerprint density at radius 2 is 2.14 bits per heavy atom. The highest BCUT2D eigenvalue weighted by Gasteiger charge is 2.30. The molecule has 6 nitrogen and oxygen atoms in total. The van der Waals surface area contributed by atoms with Crippen molar-refractivity contribution >= 4 is 15.7 Å². The summed E-state index contributed by atoms with van der Waals surface area (Å²) < 4.78 is 37.1. The summed E-state index contributed by atoms with van der Waals surface area (Å²) in [7, 11) is -0.382. The predicted octanol–water partition coefficient (Wildman–Crippen LogP) is 1.32. The third-order valence-electron chi connectivity index (χ3n) is 3.72. The summed E-state index contributed by atoms with van der Waals surface area (Å²) in [5.41, 5.74) is 6.13. The SMILES string of the molecule is COCC1CCCN(S(=O)(=O)c2ccc(OC)c(N)c2)C1. The minimum atomic E-state index is -3.52. The number of nitrogens with zero attached hydrogens (tertiary/aromatic N) is 1. The summed E-state index contributed by atoms with van der Waals surface area (Å²) >= 11 is 0. The van der Waals surface area contributed by atoms with Crippen LogP contribution in [0.15, 0.2) is 23.1 Å². The molecule has 0 amide bonds. The second-order valence-corrected chi connectivity index (χ2v) is 7.17. The summed E-state index contributed by atoms with van der Waals surface area (Å²) in [5.74, 6) is 0.721. The molecule has 1 aromatic carbocycles. The lowest BCUT2D eigenvalue weighted by Crippen LogP contribution is -2.41. The molecule has 2 rings (SSSR count). The van der Waals surface area contributed by atoms with E-state index in [0.29, 0.717) is 31.1 Å². The topological polar surface area (TPSA) is 81.9 Å². The molecular formula is C14H22N2O4S. The van der Waals surface area contributed by atoms with Crippen molar-refractivity contribution in [3.63, 3.8) is 0 Å². The van der Waals surface area contributed by atoms with E-state index in [9.17, 15) is 8.42 Å². The van der Waals surface area contributed by atoms with Gasteiger partial charge in [0.1, 0.15) is 5.75 Å². The quantitative estimate of drug-likeness (QED) is 0.829. The highest BCUT2D eigenvalue weighted by atomic mass is 32.2. The number of hydrogen-bond acceptors (Lipinski definition) is 5. The first-order valence-corrected chi connectivity index (χ1v) is 8.35. The molecule has 1 aliphatic heterocycles. The van der Waals surface area contributed by atoms with Crippen LogP contribution in [0.5, 0.6) is 5.75 Å². The van der Waals surface area contributed by atoms with Gasteiger partial charge in [-0.05, 0) is 37.0 Å². The van der Waals surface area contributed by atoms with Gasteiger partial charge >= 0.3 is 0 Å². The Labute approximate surface area is 125 Å². The molecule has 0 radical (unpaired) electrons. The first-order valence-electron chi connectivity index (χ1n) is 6.91. The Kier molecular flexibility index (Phi) is 5.08. The standard InChI is InChI=1S/C14H22N2O4S/c1-19-10-11-4-3-7-16(9-11)21(17,18)12-5-6-14(20-2)13(15)8-12/h5-6,8,11H,3-4,7,9-10,15H2,1-2H3. The lowest BCUT2D eigenvalue weighted by Gasteiger charge is -2.31. The average Bonchev–Trinajstić information content (AvgIpc) is 2.48. The van der Waals surface area contributed by atoms with Gasteiger partial charge in [0, 0.05) is 20.2 Å². The molecule has 0 saturated carbocycles. The lowest BCUT2D eigenvalue weighted by molar-refractivity contribution is 0.118. The molecule has 0 spiro atoms. The van der Waals surface area contributed by atoms with Gasteiger partial charge in [0.2, 0.25) is 10.0 Å². The van der Waals surface area contributed by atoms with E-state index in [1.807, 2.05) is 0 Å². The van der Waals surface area contributed by atoms with Crippen LogP contribution in [0.2, 0.25) is 0 Å². The van der Waals surface area contributed by atoms with Crippen LogP contribution in [0, 0.1) is 5.92 Å². The molecule has 0 aliphatic carbocycles. The summed E-state index contributed by atoms with van der Waals surface area (Å²) in [6, 6.07) is 4.57. The molecule has 1 fully saturated rings. The number of ether oxygens (including phenoxy) is 2. The first kappa shape index (κ1) is 16.1. The molecule has 1 atom stereocenters. The second-order valence-electron chi connectivity index (χ2n) is 5.23. The third-order valence-corrected chi connectivity index (χ3v) is 5.58. The monoisotopic (exact) mass is 314 g/mol. The molecule has 7 heteroatoms. The maximum Gasteiger partial charge on any atom is 0.243 e. The van der Waals surface area contributed by atoms with Gasteiger partial charge in [-0.3, -0.25) is 0 Å². The van der Waals surface area contributed by atoms with E-state index in [0.717, 1.165) is 12.8 Å². The maximum absolute atomic E-state index is 12.7. The number of piperidine rings is 1. The molecule has 1 unspecified atom stereocenters. The number of sulfonamides is 1. The fourth-order valence-electron chi connectivity index (χ4n) is 2.64. The molecule has 0 aromatic heterocycles. The first-order chi connectivity index (χ1) is 9.98. The van der Waals surface area contributed by atoms with Crippen LogP contribution in [0.1, 0.15) is 12.8 Å². The summed E-state index contributed by atoms with van der Waals surface area (Å²) in [5, 5.41) is 0. The molecule has 118 valence electrons. The minimum absolute atomic E-state index is 0.207. The summed E-state index contributed by atoms with van der Waals surface area (Å²) in [6.07, 6.45) is 1.84. The molecule has 0 bridgehead atoms. The van der Waals surface area contributed by atoms with Gasteiger partial charge in [-0.15, -0.1) is 0 Å². The second kappa shape index (κ2) is 6.64. The van der Waals surface area contributed by atoms with Crippen LogP contribution < -0.4 is 10.5 Å². The molecule has 21 heavy (non-hydrogen) atoms. The van der Waals surface area contributed by atoms with Crippen molar-refractivity contribution in [3.8, 4) is 5.75 Å². The van der Waals surface area contributed by atoms with Gasteiger partial charge in [0.15, 0.2) is 0 Å². The van der Waals surface area contributed by atoms with Crippen molar-refractivity contribution in [3.05, 3.63) is 18.2 Å². The molecule has 1 aromatic rings. The van der Waals surface area contributed by atoms with E-state index in [1.165, 1.54) is 23.5 Å². The van der Waals surface area contributed by atoms with E-state index >= 15 is 0 Å². The largest absolute Gasteiger partial charge is 0.495 e. The number of anilines is 1. The van der Waals surface area contributed by atoms with Gasteiger partial charge < -0.3 is 15.2 Å². The van der Waals surface area contributed by atoms with Gasteiger partial charge in [0.25, 0.3) is 0 Å². The Morgan fingerprint density at radius 3 is 2.76 bits per heavy atom. The Hall–Kier alpha value is -1.31. The summed E-state index contributed by atoms with van der Waals surface area (Å²) in [6.45, 7) is 1.60. The predicted molar refractivity (Wildman–Crippen MR) is 80.8 cm³/mol. The van der Waals surface area contributed by atoms with Crippen molar-refractivity contribution in [2.24, 2.45) is 5.92 Å². The van der Waals surface area contributed by atoms with Crippen molar-refractivity contribution in [2.45, 2.75) is 17.7 Å². The van der Waals surface area contributed by atoms with E-state index < -0.39 is 10.0 Å². The van der Waals surface area contributed by atoms with Crippen LogP contribution in [0.25, 0.3) is 0 Å². The fourth-order valence-corrected chi connectivity index (χ4v) is 4.23. The van der Waals surface area contributed by atoms with Crippen LogP contribution in [0.4, 0.5) is 5.69 Å². The van der Waals surface area contributed by atoms with Crippen molar-refractivity contribution in [2.75, 3.05) is 39.6 Å². The number of rotatable bonds is 5. The molecule has 1 aliphatic rings. The Morgan fingerprint density at radius 1 is 1.38 bits per heavy atom. The number of nitrogen functional groups attached to an aromatic ring is 1. The van der Waals surface area contributed by atoms with Crippen molar-refractivity contribution in [1.29, 1.82) is 0 Å². The normalized spacial score (nSPS) is 20.4. The van der Waals surface area contributed by atoms with Crippen molar-refractivity contribution in [1.82, 2.24) is 4.31 Å². The molecule has 1 saturated heterocycles. The van der Waals surface area contributed by atoms with Crippen LogP contribution in [0.3, 0.4) is 0 Å². The smallest absolute Gasteiger partial charge is 0.243 e. The number of hydrogen-bond donors (Lipinski definition) is 1. The van der Waals surface area contributed by atoms with E-state index in [1.54, 1.807) is 13.2 Å². The fraction of sp³-hybridized carbons (Fsp3) is 0.571. The minimum Gasteiger partial charge on any atom is -0.495 e. The van der Waals surface area contributed by atoms with E-state index in [2.05, 4.69) is 0 Å². The van der Waals surface area contributed by atoms with E-state index in [4.69, 9.17) is 15.2 Å². The summed E-state index contributed by atoms with van der Waals surface area (Å²) in [4.78, 5) is 0.207. The molecular weight excluding hydrogens is 292 g/mol. The molecule has 1 heterocycles. The van der Waals surface area contributed by atoms with Crippen LogP contribution in [-0.4, -0.2) is 46.6 Å². The van der Waals surface area contributed by atoms with E-state index in [-0.39, 0.29) is 10.8 Å².